The molecule has 28 heavy (non-hydrogen) atoms. The van der Waals surface area contributed by atoms with Crippen molar-refractivity contribution < 1.29 is 9.53 Å². The number of amides is 1. The molecule has 1 saturated carbocycles. The van der Waals surface area contributed by atoms with Crippen LogP contribution in [-0.2, 0) is 0 Å². The van der Waals surface area contributed by atoms with Crippen molar-refractivity contribution in [3.63, 3.8) is 0 Å². The Morgan fingerprint density at radius 2 is 1.96 bits per heavy atom. The van der Waals surface area contributed by atoms with E-state index in [4.69, 9.17) is 4.74 Å². The van der Waals surface area contributed by atoms with Gasteiger partial charge in [-0.1, -0.05) is 30.3 Å². The summed E-state index contributed by atoms with van der Waals surface area (Å²) in [5.41, 5.74) is 1.99. The number of likely N-dealkylation sites (N-methyl/N-ethyl adjacent to an activating group) is 1. The van der Waals surface area contributed by atoms with Crippen LogP contribution in [0, 0.1) is 5.92 Å². The van der Waals surface area contributed by atoms with Crippen molar-refractivity contribution in [3.05, 3.63) is 66.4 Å². The van der Waals surface area contributed by atoms with Crippen LogP contribution < -0.4 is 10.1 Å². The van der Waals surface area contributed by atoms with Crippen molar-refractivity contribution in [2.45, 2.75) is 18.5 Å². The number of ether oxygens (including phenoxy) is 1. The maximum Gasteiger partial charge on any atom is 0.269 e. The number of piperidine rings is 1. The number of nitrogens with zero attached hydrogens (tertiary/aromatic N) is 2. The smallest absolute Gasteiger partial charge is 0.269 e. The van der Waals surface area contributed by atoms with Gasteiger partial charge in [0.15, 0.2) is 0 Å². The monoisotopic (exact) mass is 374 g/mol. The Labute approximate surface area is 163 Å². The van der Waals surface area contributed by atoms with Crippen LogP contribution in [0.4, 0.5) is 0 Å². The summed E-state index contributed by atoms with van der Waals surface area (Å²) in [6.07, 6.45) is 1.18. The van der Waals surface area contributed by atoms with Gasteiger partial charge in [0.05, 0.1) is 5.69 Å². The summed E-state index contributed by atoms with van der Waals surface area (Å²) in [6.45, 7) is 0.913. The van der Waals surface area contributed by atoms with E-state index in [0.29, 0.717) is 29.1 Å². The number of nitrogens with one attached hydrogen (secondary N) is 2. The highest BCUT2D eigenvalue weighted by Crippen LogP contribution is 2.43. The lowest BCUT2D eigenvalue weighted by molar-refractivity contribution is 0.0927. The number of fused-ring (bicyclic) bond motifs is 1. The first-order chi connectivity index (χ1) is 13.7. The van der Waals surface area contributed by atoms with Crippen molar-refractivity contribution in [1.82, 2.24) is 20.4 Å². The molecule has 1 aromatic heterocycles. The second-order valence-corrected chi connectivity index (χ2v) is 7.56. The number of likely N-dealkylation sites (tertiary alicyclic amines) is 1. The van der Waals surface area contributed by atoms with Crippen molar-refractivity contribution in [1.29, 1.82) is 0 Å². The molecule has 6 heteroatoms. The van der Waals surface area contributed by atoms with Crippen molar-refractivity contribution in [2.75, 3.05) is 13.6 Å². The van der Waals surface area contributed by atoms with E-state index in [0.717, 1.165) is 17.9 Å². The van der Waals surface area contributed by atoms with Crippen LogP contribution in [0.5, 0.6) is 11.5 Å². The molecule has 3 atom stereocenters. The van der Waals surface area contributed by atoms with Gasteiger partial charge in [-0.25, -0.2) is 0 Å². The van der Waals surface area contributed by atoms with Gasteiger partial charge in [-0.05, 0) is 49.7 Å². The molecule has 1 aliphatic carbocycles. The molecule has 1 aliphatic heterocycles. The molecule has 3 aromatic rings. The van der Waals surface area contributed by atoms with Gasteiger partial charge in [-0.15, -0.1) is 0 Å². The molecule has 1 amide bonds. The van der Waals surface area contributed by atoms with Gasteiger partial charge in [-0.3, -0.25) is 9.89 Å². The minimum absolute atomic E-state index is 0.105. The highest BCUT2D eigenvalue weighted by molar-refractivity contribution is 5.93. The van der Waals surface area contributed by atoms with E-state index < -0.39 is 0 Å². The first-order valence-electron chi connectivity index (χ1n) is 9.58. The van der Waals surface area contributed by atoms with Gasteiger partial charge in [0.1, 0.15) is 17.2 Å². The quantitative estimate of drug-likeness (QED) is 0.719. The van der Waals surface area contributed by atoms with Crippen molar-refractivity contribution >= 4 is 5.91 Å². The largest absolute Gasteiger partial charge is 0.457 e. The average Bonchev–Trinajstić information content (AvgIpc) is 3.26. The van der Waals surface area contributed by atoms with E-state index in [-0.39, 0.29) is 11.9 Å². The minimum atomic E-state index is -0.105. The highest BCUT2D eigenvalue weighted by Gasteiger charge is 2.52. The molecule has 1 saturated heterocycles. The topological polar surface area (TPSA) is 70.2 Å². The van der Waals surface area contributed by atoms with Gasteiger partial charge < -0.3 is 15.0 Å². The van der Waals surface area contributed by atoms with E-state index >= 15 is 0 Å². The normalized spacial score (nSPS) is 23.2. The summed E-state index contributed by atoms with van der Waals surface area (Å²) < 4.78 is 6.01. The van der Waals surface area contributed by atoms with Crippen LogP contribution in [-0.4, -0.2) is 46.7 Å². The lowest BCUT2D eigenvalue weighted by Gasteiger charge is -2.16. The fourth-order valence-electron chi connectivity index (χ4n) is 4.08. The predicted octanol–water partition coefficient (Wildman–Crippen LogP) is 3.30. The Morgan fingerprint density at radius 3 is 2.71 bits per heavy atom. The molecule has 0 unspecified atom stereocenters. The zero-order chi connectivity index (χ0) is 19.1. The molecule has 0 bridgehead atoms. The van der Waals surface area contributed by atoms with Crippen molar-refractivity contribution in [3.8, 4) is 22.8 Å². The molecule has 142 valence electrons. The van der Waals surface area contributed by atoms with E-state index in [2.05, 4.69) is 27.5 Å². The van der Waals surface area contributed by atoms with Crippen LogP contribution in [0.1, 0.15) is 16.9 Å². The average molecular weight is 374 g/mol. The van der Waals surface area contributed by atoms with Crippen LogP contribution >= 0.6 is 0 Å². The van der Waals surface area contributed by atoms with Gasteiger partial charge in [0.25, 0.3) is 5.91 Å². The first-order valence-corrected chi connectivity index (χ1v) is 9.58. The molecule has 0 radical (unpaired) electrons. The second-order valence-electron chi connectivity index (χ2n) is 7.56. The van der Waals surface area contributed by atoms with Gasteiger partial charge in [-0.2, -0.15) is 5.10 Å². The fourth-order valence-corrected chi connectivity index (χ4v) is 4.08. The Bertz CT molecular complexity index is 1000. The second kappa shape index (κ2) is 6.80. The number of H-pyrrole nitrogens is 1. The first kappa shape index (κ1) is 17.0. The minimum Gasteiger partial charge on any atom is -0.457 e. The molecular weight excluding hydrogens is 352 g/mol. The third-order valence-electron chi connectivity index (χ3n) is 5.65. The lowest BCUT2D eigenvalue weighted by Crippen LogP contribution is -2.39. The zero-order valence-corrected chi connectivity index (χ0v) is 15.6. The third kappa shape index (κ3) is 3.16. The van der Waals surface area contributed by atoms with E-state index in [1.165, 1.54) is 6.42 Å². The van der Waals surface area contributed by atoms with Gasteiger partial charge in [0, 0.05) is 24.2 Å². The third-order valence-corrected chi connectivity index (χ3v) is 5.65. The van der Waals surface area contributed by atoms with E-state index in [1.54, 1.807) is 6.07 Å². The summed E-state index contributed by atoms with van der Waals surface area (Å²) in [5, 5.41) is 10.4. The SMILES string of the molecule is CN1C[C@@H](NC(=O)c2cc(-c3ccccc3Oc3ccccc3)n[nH]2)[C@H]2C[C@H]21. The van der Waals surface area contributed by atoms with Gasteiger partial charge in [0.2, 0.25) is 0 Å². The zero-order valence-electron chi connectivity index (χ0n) is 15.6. The number of hydrogen-bond acceptors (Lipinski definition) is 4. The Morgan fingerprint density at radius 1 is 1.18 bits per heavy atom. The summed E-state index contributed by atoms with van der Waals surface area (Å²) in [5.74, 6) is 1.95. The van der Waals surface area contributed by atoms with Gasteiger partial charge >= 0.3 is 0 Å². The maximum atomic E-state index is 12.7. The number of carbonyl (C=O) groups excluding carboxylic acids is 1. The number of benzene rings is 2. The summed E-state index contributed by atoms with van der Waals surface area (Å²) in [6, 6.07) is 20.0. The summed E-state index contributed by atoms with van der Waals surface area (Å²) in [4.78, 5) is 15.0. The van der Waals surface area contributed by atoms with E-state index in [1.807, 2.05) is 54.6 Å². The van der Waals surface area contributed by atoms with Crippen molar-refractivity contribution in [2.24, 2.45) is 5.92 Å². The molecule has 5 rings (SSSR count). The molecule has 2 aliphatic rings. The lowest BCUT2D eigenvalue weighted by atomic mass is 10.1. The molecule has 0 spiro atoms. The number of rotatable bonds is 5. The Kier molecular flexibility index (Phi) is 4.13. The molecule has 2 aromatic carbocycles. The molecule has 2 fully saturated rings. The number of para-hydroxylation sites is 2. The number of aromatic nitrogens is 2. The maximum absolute atomic E-state index is 12.7. The molecular formula is C22H22N4O2. The number of hydrogen-bond donors (Lipinski definition) is 2. The van der Waals surface area contributed by atoms with Crippen LogP contribution in [0.2, 0.25) is 0 Å². The van der Waals surface area contributed by atoms with Crippen LogP contribution in [0.3, 0.4) is 0 Å². The summed E-state index contributed by atoms with van der Waals surface area (Å²) in [7, 11) is 2.12. The molecule has 6 nitrogen and oxygen atoms in total. The molecule has 2 N–H and O–H groups in total. The van der Waals surface area contributed by atoms with Crippen LogP contribution in [0.15, 0.2) is 60.7 Å². The Balaban J connectivity index is 1.34. The highest BCUT2D eigenvalue weighted by atomic mass is 16.5. The molecule has 2 heterocycles. The predicted molar refractivity (Wildman–Crippen MR) is 106 cm³/mol. The Hall–Kier alpha value is -3.12. The number of aromatic amines is 1. The van der Waals surface area contributed by atoms with Crippen LogP contribution in [0.25, 0.3) is 11.3 Å². The van der Waals surface area contributed by atoms with E-state index in [9.17, 15) is 4.79 Å². The number of carbonyl (C=O) groups is 1. The standard InChI is InChI=1S/C22H22N4O2/c1-26-13-19(16-11-20(16)26)23-22(27)18-12-17(24-25-18)15-9-5-6-10-21(15)28-14-7-3-2-4-8-14/h2-10,12,16,19-20H,11,13H2,1H3,(H,23,27)(H,24,25)/t16-,19-,20-/m1/s1. The fraction of sp³-hybridized carbons (Fsp3) is 0.273. The summed E-state index contributed by atoms with van der Waals surface area (Å²) >= 11 is 0.